The van der Waals surface area contributed by atoms with Crippen molar-refractivity contribution < 1.29 is 9.18 Å². The molecular weight excluding hydrogens is 305 g/mol. The largest absolute Gasteiger partial charge is 0.317 e. The summed E-state index contributed by atoms with van der Waals surface area (Å²) in [6, 6.07) is 10.8. The number of aromatic nitrogens is 3. The first-order valence-corrected chi connectivity index (χ1v) is 7.91. The van der Waals surface area contributed by atoms with Crippen LogP contribution in [-0.4, -0.2) is 21.1 Å². The van der Waals surface area contributed by atoms with Crippen molar-refractivity contribution in [1.82, 2.24) is 14.8 Å². The highest BCUT2D eigenvalue weighted by Gasteiger charge is 2.28. The molecule has 1 fully saturated rings. The van der Waals surface area contributed by atoms with E-state index >= 15 is 0 Å². The summed E-state index contributed by atoms with van der Waals surface area (Å²) in [4.78, 5) is 11.1. The first kappa shape index (κ1) is 14.8. The quantitative estimate of drug-likeness (QED) is 0.683. The molecule has 24 heavy (non-hydrogen) atoms. The third kappa shape index (κ3) is 2.52. The van der Waals surface area contributed by atoms with Gasteiger partial charge in [-0.25, -0.2) is 4.39 Å². The monoisotopic (exact) mass is 321 g/mol. The predicted octanol–water partition coefficient (Wildman–Crippen LogP) is 3.98. The zero-order valence-electron chi connectivity index (χ0n) is 13.2. The third-order valence-corrected chi connectivity index (χ3v) is 4.44. The molecule has 1 aliphatic carbocycles. The molecule has 0 radical (unpaired) electrons. The summed E-state index contributed by atoms with van der Waals surface area (Å²) >= 11 is 0. The molecule has 120 valence electrons. The van der Waals surface area contributed by atoms with E-state index in [9.17, 15) is 9.18 Å². The second-order valence-electron chi connectivity index (χ2n) is 6.20. The van der Waals surface area contributed by atoms with E-state index in [2.05, 4.69) is 10.2 Å². The van der Waals surface area contributed by atoms with Crippen LogP contribution in [0.1, 0.15) is 34.7 Å². The molecule has 0 atom stereocenters. The van der Waals surface area contributed by atoms with Gasteiger partial charge in [0.05, 0.1) is 0 Å². The Morgan fingerprint density at radius 2 is 2.04 bits per heavy atom. The molecule has 0 unspecified atom stereocenters. The lowest BCUT2D eigenvalue weighted by Gasteiger charge is -2.13. The van der Waals surface area contributed by atoms with Crippen molar-refractivity contribution >= 4 is 6.29 Å². The van der Waals surface area contributed by atoms with E-state index in [0.717, 1.165) is 35.8 Å². The molecule has 4 nitrogen and oxygen atoms in total. The lowest BCUT2D eigenvalue weighted by molar-refractivity contribution is 0.112. The van der Waals surface area contributed by atoms with E-state index in [1.165, 1.54) is 0 Å². The average molecular weight is 321 g/mol. The van der Waals surface area contributed by atoms with Crippen molar-refractivity contribution in [1.29, 1.82) is 0 Å². The van der Waals surface area contributed by atoms with Crippen LogP contribution in [-0.2, 0) is 7.05 Å². The molecule has 1 heterocycles. The van der Waals surface area contributed by atoms with Gasteiger partial charge in [0.1, 0.15) is 18.4 Å². The van der Waals surface area contributed by atoms with Crippen LogP contribution in [0.4, 0.5) is 4.39 Å². The van der Waals surface area contributed by atoms with Gasteiger partial charge in [0.15, 0.2) is 5.82 Å². The number of rotatable bonds is 4. The Balaban J connectivity index is 1.96. The molecule has 2 aromatic carbocycles. The topological polar surface area (TPSA) is 47.8 Å². The van der Waals surface area contributed by atoms with Gasteiger partial charge in [-0.05, 0) is 53.6 Å². The van der Waals surface area contributed by atoms with Gasteiger partial charge in [-0.3, -0.25) is 4.79 Å². The van der Waals surface area contributed by atoms with Crippen molar-refractivity contribution in [3.05, 3.63) is 59.7 Å². The zero-order chi connectivity index (χ0) is 16.7. The van der Waals surface area contributed by atoms with Crippen LogP contribution in [0.5, 0.6) is 0 Å². The molecular formula is C19H16FN3O. The van der Waals surface area contributed by atoms with Gasteiger partial charge in [0, 0.05) is 18.2 Å². The summed E-state index contributed by atoms with van der Waals surface area (Å²) < 4.78 is 16.4. The SMILES string of the molecule is Cn1cnnc1-c1cc(F)c(C2CC2)cc1-c1cccc(C=O)c1. The van der Waals surface area contributed by atoms with Crippen LogP contribution in [0.2, 0.25) is 0 Å². The molecule has 1 aliphatic rings. The number of hydrogen-bond donors (Lipinski definition) is 0. The van der Waals surface area contributed by atoms with E-state index < -0.39 is 0 Å². The standard InChI is InChI=1S/C19H16FN3O/c1-23-11-21-22-19(23)17-9-18(20)16(13-5-6-13)8-15(17)14-4-2-3-12(7-14)10-24/h2-4,7-11,13H,5-6H2,1H3. The van der Waals surface area contributed by atoms with Crippen LogP contribution in [0.25, 0.3) is 22.5 Å². The molecule has 0 saturated heterocycles. The summed E-state index contributed by atoms with van der Waals surface area (Å²) in [5, 5.41) is 8.02. The van der Waals surface area contributed by atoms with Gasteiger partial charge in [-0.15, -0.1) is 10.2 Å². The van der Waals surface area contributed by atoms with E-state index in [0.29, 0.717) is 22.9 Å². The lowest BCUT2D eigenvalue weighted by atomic mass is 9.94. The number of hydrogen-bond acceptors (Lipinski definition) is 3. The Bertz CT molecular complexity index is 928. The van der Waals surface area contributed by atoms with Crippen LogP contribution in [0, 0.1) is 5.82 Å². The van der Waals surface area contributed by atoms with E-state index in [4.69, 9.17) is 0 Å². The van der Waals surface area contributed by atoms with Gasteiger partial charge in [0.25, 0.3) is 0 Å². The van der Waals surface area contributed by atoms with Crippen LogP contribution >= 0.6 is 0 Å². The molecule has 0 spiro atoms. The van der Waals surface area contributed by atoms with Gasteiger partial charge in [-0.2, -0.15) is 0 Å². The number of aldehydes is 1. The first-order chi connectivity index (χ1) is 11.7. The number of carbonyl (C=O) groups excluding carboxylic acids is 1. The minimum Gasteiger partial charge on any atom is -0.317 e. The summed E-state index contributed by atoms with van der Waals surface area (Å²) in [5.41, 5.74) is 3.76. The number of aryl methyl sites for hydroxylation is 1. The minimum atomic E-state index is -0.203. The van der Waals surface area contributed by atoms with Crippen molar-refractivity contribution in [2.75, 3.05) is 0 Å². The fourth-order valence-corrected chi connectivity index (χ4v) is 3.03. The molecule has 0 N–H and O–H groups in total. The van der Waals surface area contributed by atoms with Gasteiger partial charge < -0.3 is 4.57 Å². The summed E-state index contributed by atoms with van der Waals surface area (Å²) in [6.07, 6.45) is 4.45. The Morgan fingerprint density at radius 1 is 1.21 bits per heavy atom. The number of benzene rings is 2. The molecule has 3 aromatic rings. The van der Waals surface area contributed by atoms with E-state index in [1.807, 2.05) is 31.3 Å². The maximum absolute atomic E-state index is 14.6. The fourth-order valence-electron chi connectivity index (χ4n) is 3.03. The smallest absolute Gasteiger partial charge is 0.164 e. The highest BCUT2D eigenvalue weighted by molar-refractivity contribution is 5.85. The zero-order valence-corrected chi connectivity index (χ0v) is 13.2. The minimum absolute atomic E-state index is 0.203. The van der Waals surface area contributed by atoms with Gasteiger partial charge >= 0.3 is 0 Å². The van der Waals surface area contributed by atoms with Crippen LogP contribution in [0.3, 0.4) is 0 Å². The first-order valence-electron chi connectivity index (χ1n) is 7.91. The van der Waals surface area contributed by atoms with E-state index in [-0.39, 0.29) is 5.82 Å². The maximum atomic E-state index is 14.6. The van der Waals surface area contributed by atoms with Crippen molar-refractivity contribution in [3.8, 4) is 22.5 Å². The van der Waals surface area contributed by atoms with Crippen LogP contribution in [0.15, 0.2) is 42.7 Å². The normalized spacial score (nSPS) is 13.9. The van der Waals surface area contributed by atoms with Gasteiger partial charge in [0.2, 0.25) is 0 Å². The molecule has 0 aliphatic heterocycles. The summed E-state index contributed by atoms with van der Waals surface area (Å²) in [5.74, 6) is 0.695. The molecule has 1 saturated carbocycles. The van der Waals surface area contributed by atoms with Crippen molar-refractivity contribution in [3.63, 3.8) is 0 Å². The Morgan fingerprint density at radius 3 is 2.71 bits per heavy atom. The predicted molar refractivity (Wildman–Crippen MR) is 89.2 cm³/mol. The maximum Gasteiger partial charge on any atom is 0.164 e. The van der Waals surface area contributed by atoms with Gasteiger partial charge in [-0.1, -0.05) is 18.2 Å². The Labute approximate surface area is 139 Å². The third-order valence-electron chi connectivity index (χ3n) is 4.44. The molecule has 1 aromatic heterocycles. The summed E-state index contributed by atoms with van der Waals surface area (Å²) in [7, 11) is 1.83. The number of carbonyl (C=O) groups is 1. The summed E-state index contributed by atoms with van der Waals surface area (Å²) in [6.45, 7) is 0. The molecule has 0 bridgehead atoms. The fraction of sp³-hybridized carbons (Fsp3) is 0.211. The second-order valence-corrected chi connectivity index (χ2v) is 6.20. The molecule has 4 rings (SSSR count). The van der Waals surface area contributed by atoms with Crippen molar-refractivity contribution in [2.45, 2.75) is 18.8 Å². The average Bonchev–Trinajstić information content (AvgIpc) is 3.35. The number of halogens is 1. The van der Waals surface area contributed by atoms with Crippen LogP contribution < -0.4 is 0 Å². The Kier molecular flexibility index (Phi) is 3.49. The lowest BCUT2D eigenvalue weighted by Crippen LogP contribution is -1.98. The Hall–Kier alpha value is -2.82. The van der Waals surface area contributed by atoms with E-state index in [1.54, 1.807) is 23.0 Å². The van der Waals surface area contributed by atoms with Crippen molar-refractivity contribution in [2.24, 2.45) is 7.05 Å². The number of nitrogens with zero attached hydrogens (tertiary/aromatic N) is 3. The highest BCUT2D eigenvalue weighted by atomic mass is 19.1. The second kappa shape index (κ2) is 5.67. The highest BCUT2D eigenvalue weighted by Crippen LogP contribution is 2.44. The molecule has 0 amide bonds. The molecule has 5 heteroatoms.